The highest BCUT2D eigenvalue weighted by Crippen LogP contribution is 2.00. The molecular formula is C13H19ClN2O4. The topological polar surface area (TPSA) is 87.7 Å². The third-order valence-electron chi connectivity index (χ3n) is 2.58. The van der Waals surface area contributed by atoms with E-state index in [4.69, 9.17) is 5.11 Å². The van der Waals surface area contributed by atoms with Crippen LogP contribution in [0.5, 0.6) is 0 Å². The third-order valence-corrected chi connectivity index (χ3v) is 2.58. The maximum atomic E-state index is 11.1. The van der Waals surface area contributed by atoms with Crippen LogP contribution < -0.4 is 10.6 Å². The van der Waals surface area contributed by atoms with Crippen LogP contribution in [-0.4, -0.2) is 36.9 Å². The Morgan fingerprint density at radius 3 is 2.50 bits per heavy atom. The van der Waals surface area contributed by atoms with Crippen molar-refractivity contribution in [3.63, 3.8) is 0 Å². The van der Waals surface area contributed by atoms with Gasteiger partial charge < -0.3 is 20.5 Å². The van der Waals surface area contributed by atoms with E-state index < -0.39 is 18.1 Å². The van der Waals surface area contributed by atoms with Crippen LogP contribution >= 0.6 is 12.4 Å². The standard InChI is InChI=1S/C13H18N2O4.ClH/c1-19-13(18)14-8-7-11(12(16)17)15-9-10-5-3-2-4-6-10;/h2-6,11,15H,7-9H2,1H3,(H,14,18)(H,16,17);1H/t11-;/m0./s1. The molecule has 1 aromatic carbocycles. The number of ether oxygens (including phenoxy) is 1. The van der Waals surface area contributed by atoms with E-state index in [9.17, 15) is 9.59 Å². The smallest absolute Gasteiger partial charge is 0.406 e. The lowest BCUT2D eigenvalue weighted by molar-refractivity contribution is -0.139. The molecule has 0 saturated heterocycles. The normalized spacial score (nSPS) is 11.1. The predicted octanol–water partition coefficient (Wildman–Crippen LogP) is 1.40. The van der Waals surface area contributed by atoms with Crippen LogP contribution in [0.25, 0.3) is 0 Å². The van der Waals surface area contributed by atoms with Gasteiger partial charge in [-0.2, -0.15) is 0 Å². The molecule has 3 N–H and O–H groups in total. The highest BCUT2D eigenvalue weighted by molar-refractivity contribution is 5.85. The van der Waals surface area contributed by atoms with Gasteiger partial charge >= 0.3 is 12.1 Å². The number of halogens is 1. The number of carbonyl (C=O) groups excluding carboxylic acids is 1. The van der Waals surface area contributed by atoms with Crippen LogP contribution in [0.4, 0.5) is 4.79 Å². The van der Waals surface area contributed by atoms with Gasteiger partial charge in [-0.3, -0.25) is 4.79 Å². The summed E-state index contributed by atoms with van der Waals surface area (Å²) in [7, 11) is 1.26. The van der Waals surface area contributed by atoms with Crippen LogP contribution in [0.1, 0.15) is 12.0 Å². The zero-order chi connectivity index (χ0) is 14.1. The number of rotatable bonds is 7. The molecule has 0 bridgehead atoms. The van der Waals surface area contributed by atoms with Crippen molar-refractivity contribution in [2.45, 2.75) is 19.0 Å². The number of hydrogen-bond acceptors (Lipinski definition) is 4. The van der Waals surface area contributed by atoms with Gasteiger partial charge in [0.15, 0.2) is 0 Å². The summed E-state index contributed by atoms with van der Waals surface area (Å²) < 4.78 is 4.40. The van der Waals surface area contributed by atoms with Crippen molar-refractivity contribution < 1.29 is 19.4 Å². The monoisotopic (exact) mass is 302 g/mol. The van der Waals surface area contributed by atoms with Gasteiger partial charge in [-0.05, 0) is 12.0 Å². The summed E-state index contributed by atoms with van der Waals surface area (Å²) in [6.45, 7) is 0.710. The molecule has 0 saturated carbocycles. The average Bonchev–Trinajstić information content (AvgIpc) is 2.43. The fourth-order valence-electron chi connectivity index (χ4n) is 1.54. The molecule has 0 aliphatic carbocycles. The first-order valence-electron chi connectivity index (χ1n) is 5.95. The van der Waals surface area contributed by atoms with E-state index >= 15 is 0 Å². The van der Waals surface area contributed by atoms with E-state index in [1.165, 1.54) is 7.11 Å². The Hall–Kier alpha value is -1.79. The van der Waals surface area contributed by atoms with Gasteiger partial charge in [0.2, 0.25) is 0 Å². The minimum atomic E-state index is -0.942. The van der Waals surface area contributed by atoms with Crippen molar-refractivity contribution in [2.75, 3.05) is 13.7 Å². The van der Waals surface area contributed by atoms with E-state index in [2.05, 4.69) is 15.4 Å². The fourth-order valence-corrected chi connectivity index (χ4v) is 1.54. The number of methoxy groups -OCH3 is 1. The number of alkyl carbamates (subject to hydrolysis) is 1. The Balaban J connectivity index is 0.00000361. The molecule has 112 valence electrons. The number of carboxylic acids is 1. The number of carbonyl (C=O) groups is 2. The molecule has 0 heterocycles. The molecule has 0 unspecified atom stereocenters. The van der Waals surface area contributed by atoms with Crippen molar-refractivity contribution >= 4 is 24.5 Å². The van der Waals surface area contributed by atoms with Crippen LogP contribution in [0.15, 0.2) is 30.3 Å². The summed E-state index contributed by atoms with van der Waals surface area (Å²) in [4.78, 5) is 21.9. The van der Waals surface area contributed by atoms with Crippen LogP contribution in [0, 0.1) is 0 Å². The number of carboxylic acid groups (broad SMARTS) is 1. The van der Waals surface area contributed by atoms with E-state index in [1.807, 2.05) is 30.3 Å². The fraction of sp³-hybridized carbons (Fsp3) is 0.385. The number of hydrogen-bond donors (Lipinski definition) is 3. The summed E-state index contributed by atoms with van der Waals surface area (Å²) in [5, 5.41) is 14.5. The molecule has 1 amide bonds. The second-order valence-corrected chi connectivity index (χ2v) is 3.96. The van der Waals surface area contributed by atoms with Gasteiger partial charge in [-0.1, -0.05) is 30.3 Å². The molecule has 0 spiro atoms. The van der Waals surface area contributed by atoms with Crippen molar-refractivity contribution in [2.24, 2.45) is 0 Å². The Bertz CT molecular complexity index is 414. The van der Waals surface area contributed by atoms with Crippen molar-refractivity contribution in [3.05, 3.63) is 35.9 Å². The molecule has 1 rings (SSSR count). The molecule has 20 heavy (non-hydrogen) atoms. The summed E-state index contributed by atoms with van der Waals surface area (Å²) >= 11 is 0. The minimum absolute atomic E-state index is 0. The summed E-state index contributed by atoms with van der Waals surface area (Å²) in [5.74, 6) is -0.942. The summed E-state index contributed by atoms with van der Waals surface area (Å²) in [5.41, 5.74) is 1.01. The number of aliphatic carboxylic acids is 1. The first kappa shape index (κ1) is 18.2. The number of benzene rings is 1. The van der Waals surface area contributed by atoms with Gasteiger partial charge in [0.25, 0.3) is 0 Å². The highest BCUT2D eigenvalue weighted by Gasteiger charge is 2.16. The Morgan fingerprint density at radius 2 is 1.95 bits per heavy atom. The lowest BCUT2D eigenvalue weighted by Gasteiger charge is -2.14. The average molecular weight is 303 g/mol. The molecule has 7 heteroatoms. The molecule has 0 aliphatic heterocycles. The van der Waals surface area contributed by atoms with E-state index in [1.54, 1.807) is 0 Å². The predicted molar refractivity (Wildman–Crippen MR) is 77.0 cm³/mol. The van der Waals surface area contributed by atoms with E-state index in [-0.39, 0.29) is 25.4 Å². The molecule has 0 fully saturated rings. The lowest BCUT2D eigenvalue weighted by atomic mass is 10.1. The van der Waals surface area contributed by atoms with Gasteiger partial charge in [0, 0.05) is 13.1 Å². The van der Waals surface area contributed by atoms with Crippen LogP contribution in [0.2, 0.25) is 0 Å². The van der Waals surface area contributed by atoms with Crippen LogP contribution in [-0.2, 0) is 16.1 Å². The minimum Gasteiger partial charge on any atom is -0.480 e. The highest BCUT2D eigenvalue weighted by atomic mass is 35.5. The van der Waals surface area contributed by atoms with Crippen LogP contribution in [0.3, 0.4) is 0 Å². The number of amides is 1. The number of nitrogens with one attached hydrogen (secondary N) is 2. The zero-order valence-electron chi connectivity index (χ0n) is 11.2. The van der Waals surface area contributed by atoms with E-state index in [0.717, 1.165) is 5.56 Å². The third kappa shape index (κ3) is 6.96. The Morgan fingerprint density at radius 1 is 1.30 bits per heavy atom. The second-order valence-electron chi connectivity index (χ2n) is 3.96. The molecular weight excluding hydrogens is 284 g/mol. The molecule has 0 radical (unpaired) electrons. The molecule has 0 aliphatic rings. The maximum absolute atomic E-state index is 11.1. The van der Waals surface area contributed by atoms with E-state index in [0.29, 0.717) is 6.54 Å². The van der Waals surface area contributed by atoms with Gasteiger partial charge in [0.1, 0.15) is 6.04 Å². The lowest BCUT2D eigenvalue weighted by Crippen LogP contribution is -2.39. The molecule has 1 aromatic rings. The molecule has 6 nitrogen and oxygen atoms in total. The van der Waals surface area contributed by atoms with Gasteiger partial charge in [0.05, 0.1) is 7.11 Å². The first-order valence-corrected chi connectivity index (χ1v) is 5.95. The zero-order valence-corrected chi connectivity index (χ0v) is 12.0. The van der Waals surface area contributed by atoms with Gasteiger partial charge in [-0.25, -0.2) is 4.79 Å². The van der Waals surface area contributed by atoms with Crippen molar-refractivity contribution in [1.29, 1.82) is 0 Å². The summed E-state index contributed by atoms with van der Waals surface area (Å²) in [6.07, 6.45) is -0.274. The SMILES string of the molecule is COC(=O)NCC[C@H](NCc1ccccc1)C(=O)O.Cl. The maximum Gasteiger partial charge on any atom is 0.406 e. The first-order chi connectivity index (χ1) is 9.13. The summed E-state index contributed by atoms with van der Waals surface area (Å²) in [6, 6.07) is 8.81. The largest absolute Gasteiger partial charge is 0.480 e. The van der Waals surface area contributed by atoms with Crippen molar-refractivity contribution in [1.82, 2.24) is 10.6 Å². The quantitative estimate of drug-likeness (QED) is 0.708. The molecule has 1 atom stereocenters. The Labute approximate surface area is 123 Å². The molecule has 0 aromatic heterocycles. The second kappa shape index (κ2) is 10.1. The van der Waals surface area contributed by atoms with Gasteiger partial charge in [-0.15, -0.1) is 12.4 Å². The Kier molecular flexibility index (Phi) is 9.15. The van der Waals surface area contributed by atoms with Crippen molar-refractivity contribution in [3.8, 4) is 0 Å².